The van der Waals surface area contributed by atoms with Crippen molar-refractivity contribution < 1.29 is 4.79 Å². The lowest BCUT2D eigenvalue weighted by Crippen LogP contribution is -2.37. The van der Waals surface area contributed by atoms with E-state index in [1.165, 1.54) is 38.5 Å². The van der Waals surface area contributed by atoms with Crippen molar-refractivity contribution in [3.63, 3.8) is 0 Å². The van der Waals surface area contributed by atoms with Crippen LogP contribution in [0.5, 0.6) is 0 Å². The largest absolute Gasteiger partial charge is 0.339 e. The highest BCUT2D eigenvalue weighted by Crippen LogP contribution is 2.56. The molecule has 0 radical (unpaired) electrons. The van der Waals surface area contributed by atoms with Gasteiger partial charge in [-0.3, -0.25) is 4.79 Å². The molecule has 1 saturated carbocycles. The van der Waals surface area contributed by atoms with Gasteiger partial charge >= 0.3 is 0 Å². The predicted octanol–water partition coefficient (Wildman–Crippen LogP) is 2.28. The third-order valence-corrected chi connectivity index (χ3v) is 6.98. The van der Waals surface area contributed by atoms with Gasteiger partial charge < -0.3 is 4.90 Å². The fourth-order valence-corrected chi connectivity index (χ4v) is 6.34. The van der Waals surface area contributed by atoms with E-state index >= 15 is 0 Å². The average molecular weight is 237 g/mol. The first-order valence-electron chi connectivity index (χ1n) is 6.80. The van der Waals surface area contributed by atoms with Crippen LogP contribution >= 0.6 is 11.8 Å². The zero-order valence-corrected chi connectivity index (χ0v) is 10.4. The van der Waals surface area contributed by atoms with Crippen LogP contribution in [0.2, 0.25) is 0 Å². The summed E-state index contributed by atoms with van der Waals surface area (Å²) in [6.07, 6.45) is 7.90. The van der Waals surface area contributed by atoms with Gasteiger partial charge in [0.15, 0.2) is 0 Å². The molecule has 88 valence electrons. The Balaban J connectivity index is 1.58. The van der Waals surface area contributed by atoms with E-state index in [2.05, 4.69) is 16.7 Å². The zero-order valence-electron chi connectivity index (χ0n) is 9.60. The van der Waals surface area contributed by atoms with Crippen LogP contribution in [0, 0.1) is 11.8 Å². The van der Waals surface area contributed by atoms with Gasteiger partial charge in [-0.15, -0.1) is 0 Å². The van der Waals surface area contributed by atoms with Crippen molar-refractivity contribution in [2.24, 2.45) is 11.8 Å². The van der Waals surface area contributed by atoms with Gasteiger partial charge in [-0.25, -0.2) is 0 Å². The first-order valence-corrected chi connectivity index (χ1v) is 7.75. The lowest BCUT2D eigenvalue weighted by molar-refractivity contribution is -0.133. The number of carbonyl (C=O) groups is 1. The Morgan fingerprint density at radius 2 is 1.81 bits per heavy atom. The summed E-state index contributed by atoms with van der Waals surface area (Å²) in [5.41, 5.74) is 0. The molecule has 2 nitrogen and oxygen atoms in total. The number of fused-ring (bicyclic) bond motifs is 5. The normalized spacial score (nSPS) is 47.0. The van der Waals surface area contributed by atoms with Gasteiger partial charge in [0.1, 0.15) is 0 Å². The van der Waals surface area contributed by atoms with Crippen LogP contribution in [0.3, 0.4) is 0 Å². The van der Waals surface area contributed by atoms with Crippen LogP contribution in [-0.4, -0.2) is 33.9 Å². The molecule has 3 heteroatoms. The Morgan fingerprint density at radius 3 is 2.56 bits per heavy atom. The highest BCUT2D eigenvalue weighted by atomic mass is 32.2. The fourth-order valence-electron chi connectivity index (χ4n) is 4.40. The minimum Gasteiger partial charge on any atom is -0.339 e. The SMILES string of the molecule is O=C1C2C3CCC(S3)C2CN1C1CCCC1. The maximum absolute atomic E-state index is 12.5. The van der Waals surface area contributed by atoms with E-state index in [1.54, 1.807) is 0 Å². The maximum atomic E-state index is 12.5. The average Bonchev–Trinajstić information content (AvgIpc) is 2.97. The monoisotopic (exact) mass is 237 g/mol. The molecule has 4 atom stereocenters. The minimum absolute atomic E-state index is 0.421. The lowest BCUT2D eigenvalue weighted by Gasteiger charge is -2.25. The molecular formula is C13H19NOS. The summed E-state index contributed by atoms with van der Waals surface area (Å²) in [6.45, 7) is 1.10. The van der Waals surface area contributed by atoms with Gasteiger partial charge in [-0.05, 0) is 25.7 Å². The summed E-state index contributed by atoms with van der Waals surface area (Å²) >= 11 is 2.12. The van der Waals surface area contributed by atoms with E-state index in [9.17, 15) is 4.79 Å². The third kappa shape index (κ3) is 1.18. The number of likely N-dealkylation sites (tertiary alicyclic amines) is 1. The van der Waals surface area contributed by atoms with Gasteiger partial charge in [0.2, 0.25) is 5.91 Å². The molecule has 4 aliphatic rings. The first-order chi connectivity index (χ1) is 7.84. The lowest BCUT2D eigenvalue weighted by atomic mass is 9.81. The minimum atomic E-state index is 0.421. The molecule has 16 heavy (non-hydrogen) atoms. The van der Waals surface area contributed by atoms with Crippen molar-refractivity contribution >= 4 is 17.7 Å². The molecule has 0 spiro atoms. The zero-order chi connectivity index (χ0) is 10.7. The number of hydrogen-bond acceptors (Lipinski definition) is 2. The van der Waals surface area contributed by atoms with E-state index in [0.717, 1.165) is 17.7 Å². The maximum Gasteiger partial charge on any atom is 0.227 e. The van der Waals surface area contributed by atoms with Crippen molar-refractivity contribution in [2.75, 3.05) is 6.54 Å². The summed E-state index contributed by atoms with van der Waals surface area (Å²) in [4.78, 5) is 14.7. The molecule has 0 aromatic carbocycles. The summed E-state index contributed by atoms with van der Waals surface area (Å²) in [5.74, 6) is 1.66. The summed E-state index contributed by atoms with van der Waals surface area (Å²) < 4.78 is 0. The standard InChI is InChI=1S/C13H19NOS/c15-13-12-9(10-5-6-11(12)16-10)7-14(13)8-3-1-2-4-8/h8-12H,1-7H2. The van der Waals surface area contributed by atoms with Gasteiger partial charge in [0.05, 0.1) is 5.92 Å². The van der Waals surface area contributed by atoms with E-state index in [-0.39, 0.29) is 0 Å². The Hall–Kier alpha value is -0.180. The van der Waals surface area contributed by atoms with Gasteiger partial charge in [-0.1, -0.05) is 12.8 Å². The van der Waals surface area contributed by atoms with Crippen LogP contribution in [0.4, 0.5) is 0 Å². The molecule has 1 aliphatic carbocycles. The second-order valence-electron chi connectivity index (χ2n) is 5.91. The second kappa shape index (κ2) is 3.41. The number of amides is 1. The Morgan fingerprint density at radius 1 is 1.06 bits per heavy atom. The van der Waals surface area contributed by atoms with Crippen molar-refractivity contribution in [3.05, 3.63) is 0 Å². The fraction of sp³-hybridized carbons (Fsp3) is 0.923. The van der Waals surface area contributed by atoms with Crippen molar-refractivity contribution in [1.82, 2.24) is 4.90 Å². The number of nitrogens with zero attached hydrogens (tertiary/aromatic N) is 1. The molecule has 0 aromatic heterocycles. The number of hydrogen-bond donors (Lipinski definition) is 0. The summed E-state index contributed by atoms with van der Waals surface area (Å²) in [6, 6.07) is 0.613. The molecular weight excluding hydrogens is 218 g/mol. The molecule has 2 bridgehead atoms. The Kier molecular flexibility index (Phi) is 2.09. The third-order valence-electron chi connectivity index (χ3n) is 5.17. The molecule has 0 N–H and O–H groups in total. The summed E-state index contributed by atoms with van der Waals surface area (Å²) in [7, 11) is 0. The van der Waals surface area contributed by atoms with Crippen LogP contribution in [0.15, 0.2) is 0 Å². The highest BCUT2D eigenvalue weighted by molar-refractivity contribution is 8.01. The van der Waals surface area contributed by atoms with E-state index in [0.29, 0.717) is 23.1 Å². The molecule has 3 saturated heterocycles. The molecule has 0 aromatic rings. The van der Waals surface area contributed by atoms with Crippen LogP contribution in [0.25, 0.3) is 0 Å². The molecule has 4 unspecified atom stereocenters. The van der Waals surface area contributed by atoms with Crippen LogP contribution in [0.1, 0.15) is 38.5 Å². The Labute approximate surface area is 101 Å². The van der Waals surface area contributed by atoms with Gasteiger partial charge in [-0.2, -0.15) is 11.8 Å². The Bertz CT molecular complexity index is 326. The summed E-state index contributed by atoms with van der Waals surface area (Å²) in [5, 5.41) is 1.51. The smallest absolute Gasteiger partial charge is 0.227 e. The van der Waals surface area contributed by atoms with E-state index < -0.39 is 0 Å². The van der Waals surface area contributed by atoms with Crippen molar-refractivity contribution in [1.29, 1.82) is 0 Å². The molecule has 4 fully saturated rings. The molecule has 4 rings (SSSR count). The van der Waals surface area contributed by atoms with Crippen LogP contribution in [-0.2, 0) is 4.79 Å². The van der Waals surface area contributed by atoms with E-state index in [4.69, 9.17) is 0 Å². The van der Waals surface area contributed by atoms with Crippen molar-refractivity contribution in [2.45, 2.75) is 55.1 Å². The molecule has 1 amide bonds. The highest BCUT2D eigenvalue weighted by Gasteiger charge is 2.57. The quantitative estimate of drug-likeness (QED) is 0.697. The second-order valence-corrected chi connectivity index (χ2v) is 7.39. The topological polar surface area (TPSA) is 20.3 Å². The number of rotatable bonds is 1. The molecule has 3 heterocycles. The first kappa shape index (κ1) is 9.81. The van der Waals surface area contributed by atoms with Gasteiger partial charge in [0.25, 0.3) is 0 Å². The van der Waals surface area contributed by atoms with Crippen molar-refractivity contribution in [3.8, 4) is 0 Å². The molecule has 3 aliphatic heterocycles. The van der Waals surface area contributed by atoms with Crippen LogP contribution < -0.4 is 0 Å². The van der Waals surface area contributed by atoms with Gasteiger partial charge in [0, 0.05) is 29.0 Å². The van der Waals surface area contributed by atoms with E-state index in [1.807, 2.05) is 0 Å². The number of thioether (sulfide) groups is 1. The number of carbonyl (C=O) groups excluding carboxylic acids is 1. The predicted molar refractivity (Wildman–Crippen MR) is 65.4 cm³/mol.